The molecular formula is C20H22N4O. The number of phenolic OH excluding ortho intramolecular Hbond substituents is 1. The highest BCUT2D eigenvalue weighted by atomic mass is 16.3. The number of pyridine rings is 1. The van der Waals surface area contributed by atoms with Crippen LogP contribution >= 0.6 is 0 Å². The van der Waals surface area contributed by atoms with Crippen LogP contribution in [-0.2, 0) is 6.54 Å². The molecule has 5 heteroatoms. The number of aromatic hydroxyl groups is 1. The zero-order valence-corrected chi connectivity index (χ0v) is 14.1. The summed E-state index contributed by atoms with van der Waals surface area (Å²) in [7, 11) is 0. The fourth-order valence-corrected chi connectivity index (χ4v) is 3.41. The molecule has 2 aromatic carbocycles. The van der Waals surface area contributed by atoms with Crippen molar-refractivity contribution < 1.29 is 5.11 Å². The molecule has 4 rings (SSSR count). The number of hydrogen-bond acceptors (Lipinski definition) is 5. The molecule has 1 saturated heterocycles. The summed E-state index contributed by atoms with van der Waals surface area (Å²) in [6.07, 6.45) is 1.82. The van der Waals surface area contributed by atoms with Gasteiger partial charge in [0.25, 0.3) is 0 Å². The van der Waals surface area contributed by atoms with E-state index in [1.807, 2.05) is 18.3 Å². The van der Waals surface area contributed by atoms with E-state index in [1.165, 1.54) is 5.56 Å². The van der Waals surface area contributed by atoms with Gasteiger partial charge >= 0.3 is 0 Å². The predicted molar refractivity (Wildman–Crippen MR) is 101 cm³/mol. The van der Waals surface area contributed by atoms with E-state index in [9.17, 15) is 5.11 Å². The Bertz CT molecular complexity index is 886. The van der Waals surface area contributed by atoms with Crippen LogP contribution in [0.4, 0.5) is 5.82 Å². The second-order valence-corrected chi connectivity index (χ2v) is 6.51. The summed E-state index contributed by atoms with van der Waals surface area (Å²) < 4.78 is 0. The number of rotatable bonds is 3. The van der Waals surface area contributed by atoms with Gasteiger partial charge in [0.15, 0.2) is 0 Å². The number of fused-ring (bicyclic) bond motifs is 1. The quantitative estimate of drug-likeness (QED) is 0.686. The molecule has 1 aromatic heterocycles. The minimum absolute atomic E-state index is 0.260. The maximum atomic E-state index is 9.54. The Morgan fingerprint density at radius 3 is 2.56 bits per heavy atom. The number of nitrogens with zero attached hydrogens (tertiary/aromatic N) is 2. The van der Waals surface area contributed by atoms with E-state index in [2.05, 4.69) is 33.4 Å². The van der Waals surface area contributed by atoms with E-state index in [1.54, 1.807) is 12.1 Å². The van der Waals surface area contributed by atoms with Crippen LogP contribution in [0.15, 0.2) is 48.7 Å². The van der Waals surface area contributed by atoms with E-state index in [0.717, 1.165) is 54.6 Å². The second-order valence-electron chi connectivity index (χ2n) is 6.51. The van der Waals surface area contributed by atoms with Crippen molar-refractivity contribution in [3.63, 3.8) is 0 Å². The van der Waals surface area contributed by atoms with Crippen LogP contribution in [0, 0.1) is 0 Å². The van der Waals surface area contributed by atoms with Crippen molar-refractivity contribution >= 4 is 16.6 Å². The van der Waals surface area contributed by atoms with Gasteiger partial charge in [0, 0.05) is 49.9 Å². The molecule has 0 bridgehead atoms. The molecule has 1 aliphatic rings. The van der Waals surface area contributed by atoms with Gasteiger partial charge in [-0.25, -0.2) is 4.98 Å². The van der Waals surface area contributed by atoms with Gasteiger partial charge in [-0.1, -0.05) is 24.3 Å². The summed E-state index contributed by atoms with van der Waals surface area (Å²) >= 11 is 0. The number of piperazine rings is 1. The average molecular weight is 334 g/mol. The number of hydrogen-bond donors (Lipinski definition) is 3. The molecule has 0 unspecified atom stereocenters. The third kappa shape index (κ3) is 3.29. The maximum absolute atomic E-state index is 9.54. The molecule has 0 saturated carbocycles. The minimum Gasteiger partial charge on any atom is -0.508 e. The van der Waals surface area contributed by atoms with Crippen molar-refractivity contribution in [2.24, 2.45) is 0 Å². The summed E-state index contributed by atoms with van der Waals surface area (Å²) in [5.41, 5.74) is 9.43. The topological polar surface area (TPSA) is 74.4 Å². The van der Waals surface area contributed by atoms with Crippen molar-refractivity contribution in [1.29, 1.82) is 0 Å². The lowest BCUT2D eigenvalue weighted by molar-refractivity contribution is 0.233. The standard InChI is InChI=1S/C20H22N4O/c21-20-17-6-1-14(13-24-9-7-22-8-10-24)11-18(17)19(12-23-20)15-2-4-16(25)5-3-15/h1-6,11-12,22,25H,7-10,13H2,(H2,21,23). The Hall–Kier alpha value is -2.63. The molecule has 1 aliphatic heterocycles. The summed E-state index contributed by atoms with van der Waals surface area (Å²) in [5.74, 6) is 0.808. The zero-order chi connectivity index (χ0) is 17.2. The number of aromatic nitrogens is 1. The third-order valence-electron chi connectivity index (χ3n) is 4.78. The van der Waals surface area contributed by atoms with Crippen LogP contribution in [0.2, 0.25) is 0 Å². The summed E-state index contributed by atoms with van der Waals surface area (Å²) in [6.45, 7) is 5.17. The van der Waals surface area contributed by atoms with Crippen LogP contribution in [0.25, 0.3) is 21.9 Å². The monoisotopic (exact) mass is 334 g/mol. The molecule has 4 N–H and O–H groups in total. The molecular weight excluding hydrogens is 312 g/mol. The van der Waals surface area contributed by atoms with Crippen LogP contribution < -0.4 is 11.1 Å². The highest BCUT2D eigenvalue weighted by molar-refractivity contribution is 6.01. The first-order valence-corrected chi connectivity index (χ1v) is 8.60. The van der Waals surface area contributed by atoms with Gasteiger partial charge in [-0.2, -0.15) is 0 Å². The van der Waals surface area contributed by atoms with Crippen molar-refractivity contribution in [2.45, 2.75) is 6.54 Å². The van der Waals surface area contributed by atoms with Crippen LogP contribution in [0.1, 0.15) is 5.56 Å². The first-order chi connectivity index (χ1) is 12.2. The number of anilines is 1. The highest BCUT2D eigenvalue weighted by Crippen LogP contribution is 2.32. The van der Waals surface area contributed by atoms with Gasteiger partial charge in [-0.3, -0.25) is 4.90 Å². The van der Waals surface area contributed by atoms with Crippen LogP contribution in [-0.4, -0.2) is 41.2 Å². The smallest absolute Gasteiger partial charge is 0.131 e. The summed E-state index contributed by atoms with van der Waals surface area (Å²) in [4.78, 5) is 6.81. The number of nitrogens with one attached hydrogen (secondary N) is 1. The van der Waals surface area contributed by atoms with E-state index < -0.39 is 0 Å². The average Bonchev–Trinajstić information content (AvgIpc) is 2.64. The van der Waals surface area contributed by atoms with Crippen LogP contribution in [0.5, 0.6) is 5.75 Å². The number of nitrogens with two attached hydrogens (primary N) is 1. The van der Waals surface area contributed by atoms with Crippen LogP contribution in [0.3, 0.4) is 0 Å². The van der Waals surface area contributed by atoms with Crippen molar-refractivity contribution in [1.82, 2.24) is 15.2 Å². The minimum atomic E-state index is 0.260. The molecule has 0 atom stereocenters. The zero-order valence-electron chi connectivity index (χ0n) is 14.1. The van der Waals surface area contributed by atoms with Gasteiger partial charge in [-0.15, -0.1) is 0 Å². The van der Waals surface area contributed by atoms with Crippen molar-refractivity contribution in [3.05, 3.63) is 54.2 Å². The van der Waals surface area contributed by atoms with Gasteiger partial charge in [0.05, 0.1) is 0 Å². The van der Waals surface area contributed by atoms with Gasteiger partial charge in [0.1, 0.15) is 11.6 Å². The predicted octanol–water partition coefficient (Wildman–Crippen LogP) is 2.59. The summed E-state index contributed by atoms with van der Waals surface area (Å²) in [5, 5.41) is 15.0. The molecule has 0 amide bonds. The largest absolute Gasteiger partial charge is 0.508 e. The number of benzene rings is 2. The number of phenols is 1. The van der Waals surface area contributed by atoms with Gasteiger partial charge < -0.3 is 16.2 Å². The van der Waals surface area contributed by atoms with E-state index >= 15 is 0 Å². The lowest BCUT2D eigenvalue weighted by atomic mass is 9.98. The molecule has 3 aromatic rings. The third-order valence-corrected chi connectivity index (χ3v) is 4.78. The maximum Gasteiger partial charge on any atom is 0.131 e. The van der Waals surface area contributed by atoms with E-state index in [-0.39, 0.29) is 5.75 Å². The lowest BCUT2D eigenvalue weighted by Gasteiger charge is -2.27. The van der Waals surface area contributed by atoms with E-state index in [0.29, 0.717) is 5.82 Å². The Labute approximate surface area is 147 Å². The Morgan fingerprint density at radius 2 is 1.80 bits per heavy atom. The molecule has 25 heavy (non-hydrogen) atoms. The normalized spacial score (nSPS) is 15.5. The van der Waals surface area contributed by atoms with Gasteiger partial charge in [-0.05, 0) is 34.7 Å². The van der Waals surface area contributed by atoms with Gasteiger partial charge in [0.2, 0.25) is 0 Å². The molecule has 1 fully saturated rings. The molecule has 0 spiro atoms. The highest BCUT2D eigenvalue weighted by Gasteiger charge is 2.12. The molecule has 0 aliphatic carbocycles. The molecule has 2 heterocycles. The summed E-state index contributed by atoms with van der Waals surface area (Å²) in [6, 6.07) is 13.6. The second kappa shape index (κ2) is 6.70. The van der Waals surface area contributed by atoms with Crippen molar-refractivity contribution in [2.75, 3.05) is 31.9 Å². The number of nitrogen functional groups attached to an aromatic ring is 1. The first-order valence-electron chi connectivity index (χ1n) is 8.60. The molecule has 128 valence electrons. The Balaban J connectivity index is 1.76. The Morgan fingerprint density at radius 1 is 1.04 bits per heavy atom. The SMILES string of the molecule is Nc1ncc(-c2ccc(O)cc2)c2cc(CN3CCNCC3)ccc12. The molecule has 5 nitrogen and oxygen atoms in total. The lowest BCUT2D eigenvalue weighted by Crippen LogP contribution is -2.42. The fraction of sp³-hybridized carbons (Fsp3) is 0.250. The first kappa shape index (κ1) is 15.9. The van der Waals surface area contributed by atoms with Crippen molar-refractivity contribution in [3.8, 4) is 16.9 Å². The molecule has 0 radical (unpaired) electrons. The Kier molecular flexibility index (Phi) is 4.26. The fourth-order valence-electron chi connectivity index (χ4n) is 3.41. The van der Waals surface area contributed by atoms with E-state index in [4.69, 9.17) is 5.73 Å².